The summed E-state index contributed by atoms with van der Waals surface area (Å²) >= 11 is 11.5. The lowest BCUT2D eigenvalue weighted by Crippen LogP contribution is -2.35. The number of halogens is 2. The fourth-order valence-corrected chi connectivity index (χ4v) is 1.59. The van der Waals surface area contributed by atoms with Crippen LogP contribution in [0, 0.1) is 0 Å². The zero-order valence-corrected chi connectivity index (χ0v) is 10.3. The SMILES string of the molecule is C=CCNC(=O)C(=O)Nc1cc(Cl)cc(Cl)c1. The van der Waals surface area contributed by atoms with E-state index >= 15 is 0 Å². The molecular weight excluding hydrogens is 263 g/mol. The minimum atomic E-state index is -0.787. The molecule has 0 aliphatic rings. The van der Waals surface area contributed by atoms with E-state index in [1.165, 1.54) is 24.3 Å². The van der Waals surface area contributed by atoms with Crippen LogP contribution < -0.4 is 10.6 Å². The number of anilines is 1. The standard InChI is InChI=1S/C11H10Cl2N2O2/c1-2-3-14-10(16)11(17)15-9-5-7(12)4-8(13)6-9/h2,4-6H,1,3H2,(H,14,16)(H,15,17). The van der Waals surface area contributed by atoms with E-state index in [-0.39, 0.29) is 6.54 Å². The molecule has 0 aliphatic heterocycles. The number of carbonyl (C=O) groups excluding carboxylic acids is 2. The Morgan fingerprint density at radius 1 is 1.18 bits per heavy atom. The van der Waals surface area contributed by atoms with Crippen LogP contribution in [-0.2, 0) is 9.59 Å². The van der Waals surface area contributed by atoms with Crippen LogP contribution in [0.5, 0.6) is 0 Å². The van der Waals surface area contributed by atoms with Crippen LogP contribution in [0.25, 0.3) is 0 Å². The summed E-state index contributed by atoms with van der Waals surface area (Å²) in [5.74, 6) is -1.54. The number of nitrogens with one attached hydrogen (secondary N) is 2. The zero-order valence-electron chi connectivity index (χ0n) is 8.80. The van der Waals surface area contributed by atoms with E-state index in [0.717, 1.165) is 0 Å². The summed E-state index contributed by atoms with van der Waals surface area (Å²) in [6.45, 7) is 3.64. The van der Waals surface area contributed by atoms with Gasteiger partial charge in [0.15, 0.2) is 0 Å². The maximum atomic E-state index is 11.4. The molecule has 0 aliphatic carbocycles. The van der Waals surface area contributed by atoms with Crippen molar-refractivity contribution in [3.63, 3.8) is 0 Å². The predicted molar refractivity (Wildman–Crippen MR) is 68.3 cm³/mol. The highest BCUT2D eigenvalue weighted by Crippen LogP contribution is 2.22. The first-order chi connectivity index (χ1) is 8.02. The van der Waals surface area contributed by atoms with Crippen molar-refractivity contribution in [2.24, 2.45) is 0 Å². The normalized spacial score (nSPS) is 9.53. The van der Waals surface area contributed by atoms with E-state index < -0.39 is 11.8 Å². The van der Waals surface area contributed by atoms with E-state index in [1.54, 1.807) is 0 Å². The number of hydrogen-bond donors (Lipinski definition) is 2. The number of rotatable bonds is 3. The van der Waals surface area contributed by atoms with E-state index in [2.05, 4.69) is 17.2 Å². The monoisotopic (exact) mass is 272 g/mol. The molecule has 90 valence electrons. The molecule has 0 bridgehead atoms. The first-order valence-electron chi connectivity index (χ1n) is 4.69. The largest absolute Gasteiger partial charge is 0.344 e. The number of amides is 2. The van der Waals surface area contributed by atoms with Gasteiger partial charge in [-0.3, -0.25) is 9.59 Å². The Morgan fingerprint density at radius 2 is 1.76 bits per heavy atom. The lowest BCUT2D eigenvalue weighted by atomic mass is 10.3. The molecule has 0 saturated carbocycles. The van der Waals surface area contributed by atoms with Gasteiger partial charge in [0.2, 0.25) is 0 Å². The smallest absolute Gasteiger partial charge is 0.313 e. The van der Waals surface area contributed by atoms with E-state index in [0.29, 0.717) is 15.7 Å². The average molecular weight is 273 g/mol. The van der Waals surface area contributed by atoms with Crippen LogP contribution >= 0.6 is 23.2 Å². The molecular formula is C11H10Cl2N2O2. The van der Waals surface area contributed by atoms with Gasteiger partial charge in [-0.1, -0.05) is 29.3 Å². The van der Waals surface area contributed by atoms with Gasteiger partial charge in [0, 0.05) is 22.3 Å². The van der Waals surface area contributed by atoms with Gasteiger partial charge >= 0.3 is 11.8 Å². The first kappa shape index (κ1) is 13.5. The summed E-state index contributed by atoms with van der Waals surface area (Å²) in [6.07, 6.45) is 1.47. The molecule has 0 radical (unpaired) electrons. The number of benzene rings is 1. The van der Waals surface area contributed by atoms with E-state index in [9.17, 15) is 9.59 Å². The third-order valence-corrected chi connectivity index (χ3v) is 2.17. The Morgan fingerprint density at radius 3 is 2.29 bits per heavy atom. The predicted octanol–water partition coefficient (Wildman–Crippen LogP) is 2.23. The van der Waals surface area contributed by atoms with Crippen molar-refractivity contribution < 1.29 is 9.59 Å². The molecule has 2 amide bonds. The molecule has 6 heteroatoms. The van der Waals surface area contributed by atoms with Crippen molar-refractivity contribution in [1.29, 1.82) is 0 Å². The second kappa shape index (κ2) is 6.27. The Kier molecular flexibility index (Phi) is 5.00. The molecule has 0 aromatic heterocycles. The molecule has 0 heterocycles. The summed E-state index contributed by atoms with van der Waals surface area (Å²) in [5, 5.41) is 5.47. The van der Waals surface area contributed by atoms with Crippen molar-refractivity contribution in [1.82, 2.24) is 5.32 Å². The molecule has 1 aromatic rings. The highest BCUT2D eigenvalue weighted by molar-refractivity contribution is 6.40. The number of carbonyl (C=O) groups is 2. The average Bonchev–Trinajstić information content (AvgIpc) is 2.24. The van der Waals surface area contributed by atoms with Crippen molar-refractivity contribution in [2.45, 2.75) is 0 Å². The molecule has 0 unspecified atom stereocenters. The molecule has 0 atom stereocenters. The highest BCUT2D eigenvalue weighted by atomic mass is 35.5. The summed E-state index contributed by atoms with van der Waals surface area (Å²) in [6, 6.07) is 4.51. The van der Waals surface area contributed by atoms with Gasteiger partial charge < -0.3 is 10.6 Å². The molecule has 4 nitrogen and oxygen atoms in total. The topological polar surface area (TPSA) is 58.2 Å². The highest BCUT2D eigenvalue weighted by Gasteiger charge is 2.12. The van der Waals surface area contributed by atoms with Crippen LogP contribution in [0.1, 0.15) is 0 Å². The molecule has 1 rings (SSSR count). The van der Waals surface area contributed by atoms with Crippen LogP contribution in [0.2, 0.25) is 10.0 Å². The van der Waals surface area contributed by atoms with Gasteiger partial charge in [0.1, 0.15) is 0 Å². The van der Waals surface area contributed by atoms with Crippen LogP contribution in [0.3, 0.4) is 0 Å². The Hall–Kier alpha value is -1.52. The van der Waals surface area contributed by atoms with Gasteiger partial charge in [-0.05, 0) is 18.2 Å². The van der Waals surface area contributed by atoms with Gasteiger partial charge in [-0.2, -0.15) is 0 Å². The maximum Gasteiger partial charge on any atom is 0.313 e. The zero-order chi connectivity index (χ0) is 12.8. The van der Waals surface area contributed by atoms with E-state index in [1.807, 2.05) is 0 Å². The Bertz CT molecular complexity index is 441. The Balaban J connectivity index is 2.67. The van der Waals surface area contributed by atoms with Crippen molar-refractivity contribution in [3.05, 3.63) is 40.9 Å². The van der Waals surface area contributed by atoms with Gasteiger partial charge in [-0.15, -0.1) is 6.58 Å². The fraction of sp³-hybridized carbons (Fsp3) is 0.0909. The molecule has 0 fully saturated rings. The second-order valence-corrected chi connectivity index (χ2v) is 3.98. The maximum absolute atomic E-state index is 11.4. The minimum Gasteiger partial charge on any atom is -0.344 e. The fourth-order valence-electron chi connectivity index (χ4n) is 1.06. The van der Waals surface area contributed by atoms with Gasteiger partial charge in [-0.25, -0.2) is 0 Å². The molecule has 0 saturated heterocycles. The molecule has 0 spiro atoms. The quantitative estimate of drug-likeness (QED) is 0.655. The number of hydrogen-bond acceptors (Lipinski definition) is 2. The molecule has 1 aromatic carbocycles. The summed E-state index contributed by atoms with van der Waals surface area (Å²) < 4.78 is 0. The van der Waals surface area contributed by atoms with Gasteiger partial charge in [0.25, 0.3) is 0 Å². The minimum absolute atomic E-state index is 0.225. The summed E-state index contributed by atoms with van der Waals surface area (Å²) in [5.41, 5.74) is 0.362. The van der Waals surface area contributed by atoms with Crippen molar-refractivity contribution in [2.75, 3.05) is 11.9 Å². The molecule has 17 heavy (non-hydrogen) atoms. The summed E-state index contributed by atoms with van der Waals surface area (Å²) in [4.78, 5) is 22.6. The second-order valence-electron chi connectivity index (χ2n) is 3.11. The lowest BCUT2D eigenvalue weighted by molar-refractivity contribution is -0.136. The van der Waals surface area contributed by atoms with Crippen molar-refractivity contribution >= 4 is 40.7 Å². The van der Waals surface area contributed by atoms with Crippen LogP contribution in [0.15, 0.2) is 30.9 Å². The molecule has 2 N–H and O–H groups in total. The van der Waals surface area contributed by atoms with Gasteiger partial charge in [0.05, 0.1) is 0 Å². The van der Waals surface area contributed by atoms with Crippen LogP contribution in [-0.4, -0.2) is 18.4 Å². The third kappa shape index (κ3) is 4.46. The first-order valence-corrected chi connectivity index (χ1v) is 5.44. The lowest BCUT2D eigenvalue weighted by Gasteiger charge is -2.06. The third-order valence-electron chi connectivity index (χ3n) is 1.73. The van der Waals surface area contributed by atoms with E-state index in [4.69, 9.17) is 23.2 Å². The van der Waals surface area contributed by atoms with Crippen LogP contribution in [0.4, 0.5) is 5.69 Å². The van der Waals surface area contributed by atoms with Crippen molar-refractivity contribution in [3.8, 4) is 0 Å². The Labute approximate surface area is 109 Å². The summed E-state index contributed by atoms with van der Waals surface area (Å²) in [7, 11) is 0.